The normalized spacial score (nSPS) is 10.5. The van der Waals surface area contributed by atoms with Crippen molar-refractivity contribution in [2.45, 2.75) is 19.9 Å². The number of anilines is 1. The van der Waals surface area contributed by atoms with E-state index in [0.717, 1.165) is 6.42 Å². The van der Waals surface area contributed by atoms with Gasteiger partial charge in [-0.05, 0) is 13.3 Å². The topological polar surface area (TPSA) is 90.4 Å². The molecule has 6 heteroatoms. The minimum absolute atomic E-state index is 0.0902. The average Bonchev–Trinajstić information content (AvgIpc) is 2.42. The Kier molecular flexibility index (Phi) is 3.68. The van der Waals surface area contributed by atoms with Crippen molar-refractivity contribution < 1.29 is 14.6 Å². The molecule has 1 rings (SSSR count). The van der Waals surface area contributed by atoms with Crippen molar-refractivity contribution in [2.24, 2.45) is 0 Å². The summed E-state index contributed by atoms with van der Waals surface area (Å²) in [6, 6.07) is 0. The first-order chi connectivity index (χ1) is 7.07. The molecule has 3 N–H and O–H groups in total. The Bertz CT molecular complexity index is 360. The number of nitrogens with two attached hydrogens (primary N) is 1. The van der Waals surface area contributed by atoms with E-state index >= 15 is 0 Å². The van der Waals surface area contributed by atoms with Crippen LogP contribution in [0.1, 0.15) is 22.5 Å². The number of hydrogen-bond acceptors (Lipinski definition) is 4. The van der Waals surface area contributed by atoms with Gasteiger partial charge >= 0.3 is 5.97 Å². The molecule has 0 saturated heterocycles. The fraction of sp³-hybridized carbons (Fsp3) is 0.556. The van der Waals surface area contributed by atoms with Crippen LogP contribution >= 0.6 is 0 Å². The first-order valence-corrected chi connectivity index (χ1v) is 4.63. The summed E-state index contributed by atoms with van der Waals surface area (Å²) in [5.41, 5.74) is 6.20. The van der Waals surface area contributed by atoms with Gasteiger partial charge in [-0.2, -0.15) is 5.10 Å². The fourth-order valence-electron chi connectivity index (χ4n) is 1.39. The standard InChI is InChI=1S/C9H15N3O3/c1-6-7(9(13)14)8(10)12(11-6)4-3-5-15-2/h3-5,10H2,1-2H3,(H,13,14). The third-order valence-electron chi connectivity index (χ3n) is 2.10. The van der Waals surface area contributed by atoms with Crippen LogP contribution in [0.25, 0.3) is 0 Å². The molecule has 0 saturated carbocycles. The summed E-state index contributed by atoms with van der Waals surface area (Å²) >= 11 is 0. The minimum Gasteiger partial charge on any atom is -0.477 e. The summed E-state index contributed by atoms with van der Waals surface area (Å²) in [6.07, 6.45) is 0.751. The number of hydrogen-bond donors (Lipinski definition) is 2. The molecular weight excluding hydrogens is 198 g/mol. The smallest absolute Gasteiger partial charge is 0.341 e. The maximum absolute atomic E-state index is 10.8. The molecule has 0 aliphatic rings. The second kappa shape index (κ2) is 4.79. The third-order valence-corrected chi connectivity index (χ3v) is 2.10. The van der Waals surface area contributed by atoms with E-state index in [0.29, 0.717) is 18.8 Å². The van der Waals surface area contributed by atoms with E-state index in [1.165, 1.54) is 4.68 Å². The quantitative estimate of drug-likeness (QED) is 0.695. The van der Waals surface area contributed by atoms with Crippen LogP contribution in [0.5, 0.6) is 0 Å². The summed E-state index contributed by atoms with van der Waals surface area (Å²) in [6.45, 7) is 2.79. The number of ether oxygens (including phenoxy) is 1. The molecule has 0 fully saturated rings. The Balaban J connectivity index is 2.82. The van der Waals surface area contributed by atoms with Crippen molar-refractivity contribution in [2.75, 3.05) is 19.5 Å². The van der Waals surface area contributed by atoms with Crippen LogP contribution in [0, 0.1) is 6.92 Å². The van der Waals surface area contributed by atoms with Crippen LogP contribution in [0.3, 0.4) is 0 Å². The summed E-state index contributed by atoms with van der Waals surface area (Å²) in [7, 11) is 1.61. The first-order valence-electron chi connectivity index (χ1n) is 4.63. The van der Waals surface area contributed by atoms with Gasteiger partial charge in [0.25, 0.3) is 0 Å². The minimum atomic E-state index is -1.04. The zero-order chi connectivity index (χ0) is 11.4. The summed E-state index contributed by atoms with van der Waals surface area (Å²) < 4.78 is 6.39. The molecule has 0 atom stereocenters. The molecule has 0 amide bonds. The second-order valence-corrected chi connectivity index (χ2v) is 3.22. The predicted octanol–water partition coefficient (Wildman–Crippen LogP) is 0.508. The van der Waals surface area contributed by atoms with Crippen molar-refractivity contribution in [3.8, 4) is 0 Å². The highest BCUT2D eigenvalue weighted by Gasteiger charge is 2.17. The molecule has 0 aromatic carbocycles. The first kappa shape index (κ1) is 11.5. The zero-order valence-corrected chi connectivity index (χ0v) is 8.86. The van der Waals surface area contributed by atoms with Crippen molar-refractivity contribution in [3.05, 3.63) is 11.3 Å². The van der Waals surface area contributed by atoms with E-state index in [4.69, 9.17) is 15.6 Å². The molecule has 0 radical (unpaired) electrons. The van der Waals surface area contributed by atoms with Gasteiger partial charge < -0.3 is 15.6 Å². The number of rotatable bonds is 5. The molecule has 1 aromatic heterocycles. The van der Waals surface area contributed by atoms with E-state index < -0.39 is 5.97 Å². The number of nitrogen functional groups attached to an aromatic ring is 1. The second-order valence-electron chi connectivity index (χ2n) is 3.22. The van der Waals surface area contributed by atoms with E-state index in [1.54, 1.807) is 14.0 Å². The number of carboxylic acids is 1. The summed E-state index contributed by atoms with van der Waals surface area (Å²) in [5, 5.41) is 12.9. The van der Waals surface area contributed by atoms with Crippen molar-refractivity contribution in [3.63, 3.8) is 0 Å². The Morgan fingerprint density at radius 3 is 2.80 bits per heavy atom. The molecule has 0 aliphatic carbocycles. The highest BCUT2D eigenvalue weighted by molar-refractivity contribution is 5.93. The van der Waals surface area contributed by atoms with Gasteiger partial charge in [-0.25, -0.2) is 9.48 Å². The van der Waals surface area contributed by atoms with Gasteiger partial charge in [0, 0.05) is 20.3 Å². The molecule has 1 heterocycles. The van der Waals surface area contributed by atoms with Gasteiger partial charge in [0.1, 0.15) is 11.4 Å². The van der Waals surface area contributed by atoms with E-state index in [2.05, 4.69) is 5.10 Å². The lowest BCUT2D eigenvalue weighted by atomic mass is 10.2. The molecule has 0 bridgehead atoms. The largest absolute Gasteiger partial charge is 0.477 e. The SMILES string of the molecule is COCCCn1nc(C)c(C(=O)O)c1N. The van der Waals surface area contributed by atoms with Crippen LogP contribution in [0.15, 0.2) is 0 Å². The van der Waals surface area contributed by atoms with E-state index in [1.807, 2.05) is 0 Å². The molecular formula is C9H15N3O3. The highest BCUT2D eigenvalue weighted by Crippen LogP contribution is 2.16. The maximum atomic E-state index is 10.8. The van der Waals surface area contributed by atoms with Crippen molar-refractivity contribution in [1.29, 1.82) is 0 Å². The maximum Gasteiger partial charge on any atom is 0.341 e. The van der Waals surface area contributed by atoms with Gasteiger partial charge in [-0.15, -0.1) is 0 Å². The Morgan fingerprint density at radius 2 is 2.33 bits per heavy atom. The fourth-order valence-corrected chi connectivity index (χ4v) is 1.39. The predicted molar refractivity (Wildman–Crippen MR) is 54.8 cm³/mol. The number of carbonyl (C=O) groups is 1. The number of carboxylic acid groups (broad SMARTS) is 1. The highest BCUT2D eigenvalue weighted by atomic mass is 16.5. The third kappa shape index (κ3) is 2.47. The molecule has 15 heavy (non-hydrogen) atoms. The Morgan fingerprint density at radius 1 is 1.67 bits per heavy atom. The lowest BCUT2D eigenvalue weighted by Gasteiger charge is -2.03. The summed E-state index contributed by atoms with van der Waals surface area (Å²) in [4.78, 5) is 10.8. The number of aryl methyl sites for hydroxylation is 2. The van der Waals surface area contributed by atoms with E-state index in [-0.39, 0.29) is 11.4 Å². The van der Waals surface area contributed by atoms with Gasteiger partial charge in [0.2, 0.25) is 0 Å². The summed E-state index contributed by atoms with van der Waals surface area (Å²) in [5.74, 6) is -0.834. The number of aromatic nitrogens is 2. The van der Waals surface area contributed by atoms with Crippen LogP contribution in [0.4, 0.5) is 5.82 Å². The number of nitrogens with zero attached hydrogens (tertiary/aromatic N) is 2. The Labute approximate surface area is 87.6 Å². The number of aromatic carboxylic acids is 1. The molecule has 1 aromatic rings. The molecule has 0 unspecified atom stereocenters. The van der Waals surface area contributed by atoms with Crippen LogP contribution in [-0.4, -0.2) is 34.6 Å². The van der Waals surface area contributed by atoms with Crippen LogP contribution in [0.2, 0.25) is 0 Å². The van der Waals surface area contributed by atoms with Crippen LogP contribution in [-0.2, 0) is 11.3 Å². The van der Waals surface area contributed by atoms with E-state index in [9.17, 15) is 4.79 Å². The molecule has 84 valence electrons. The van der Waals surface area contributed by atoms with Crippen LogP contribution < -0.4 is 5.73 Å². The van der Waals surface area contributed by atoms with Gasteiger partial charge in [-0.1, -0.05) is 0 Å². The zero-order valence-electron chi connectivity index (χ0n) is 8.86. The van der Waals surface area contributed by atoms with Crippen molar-refractivity contribution >= 4 is 11.8 Å². The number of methoxy groups -OCH3 is 1. The molecule has 6 nitrogen and oxygen atoms in total. The Hall–Kier alpha value is -1.56. The molecule has 0 spiro atoms. The van der Waals surface area contributed by atoms with Crippen molar-refractivity contribution in [1.82, 2.24) is 9.78 Å². The molecule has 0 aliphatic heterocycles. The van der Waals surface area contributed by atoms with Gasteiger partial charge in [-0.3, -0.25) is 0 Å². The van der Waals surface area contributed by atoms with Gasteiger partial charge in [0.15, 0.2) is 0 Å². The lowest BCUT2D eigenvalue weighted by molar-refractivity contribution is 0.0697. The average molecular weight is 213 g/mol. The van der Waals surface area contributed by atoms with Gasteiger partial charge in [0.05, 0.1) is 5.69 Å². The lowest BCUT2D eigenvalue weighted by Crippen LogP contribution is -2.08. The monoisotopic (exact) mass is 213 g/mol.